The van der Waals surface area contributed by atoms with E-state index in [0.717, 1.165) is 6.42 Å². The molecule has 0 unspecified atom stereocenters. The molecule has 10 nitrogen and oxygen atoms in total. The number of hydrogen-bond donors (Lipinski definition) is 1. The SMILES string of the molecule is CC(C)OP(=O)(/C=C/[C@]12C[C@@H]1[C@@H](n1cnc3c(N)ncnc31)[C@@H]1OC(C)(C)O[C@@H]12)OC(C)C. The summed E-state index contributed by atoms with van der Waals surface area (Å²) in [5, 5.41) is 0. The normalized spacial score (nSPS) is 32.8. The molecule has 180 valence electrons. The Labute approximate surface area is 193 Å². The highest BCUT2D eigenvalue weighted by molar-refractivity contribution is 7.57. The molecule has 0 radical (unpaired) electrons. The molecule has 3 fully saturated rings. The topological polar surface area (TPSA) is 124 Å². The molecule has 5 rings (SSSR count). The average molecular weight is 478 g/mol. The predicted octanol–water partition coefficient (Wildman–Crippen LogP) is 4.05. The molecule has 1 saturated heterocycles. The van der Waals surface area contributed by atoms with E-state index in [4.69, 9.17) is 24.3 Å². The van der Waals surface area contributed by atoms with Crippen molar-refractivity contribution in [2.24, 2.45) is 11.3 Å². The number of imidazole rings is 1. The number of hydrogen-bond acceptors (Lipinski definition) is 9. The number of aromatic nitrogens is 4. The molecule has 2 N–H and O–H groups in total. The maximum absolute atomic E-state index is 13.4. The number of rotatable bonds is 7. The Morgan fingerprint density at radius 1 is 1.18 bits per heavy atom. The number of nitrogens with zero attached hydrogens (tertiary/aromatic N) is 4. The lowest BCUT2D eigenvalue weighted by atomic mass is 9.99. The van der Waals surface area contributed by atoms with E-state index in [0.29, 0.717) is 17.0 Å². The quantitative estimate of drug-likeness (QED) is 0.588. The molecule has 2 aromatic rings. The zero-order chi connectivity index (χ0) is 23.8. The van der Waals surface area contributed by atoms with E-state index >= 15 is 0 Å². The van der Waals surface area contributed by atoms with E-state index in [-0.39, 0.29) is 41.8 Å². The van der Waals surface area contributed by atoms with Crippen LogP contribution in [0.5, 0.6) is 0 Å². The lowest BCUT2D eigenvalue weighted by Gasteiger charge is -2.24. The zero-order valence-electron chi connectivity index (χ0n) is 19.8. The molecule has 5 atom stereocenters. The molecule has 2 aromatic heterocycles. The second kappa shape index (κ2) is 7.58. The molecule has 33 heavy (non-hydrogen) atoms. The van der Waals surface area contributed by atoms with Crippen molar-refractivity contribution < 1.29 is 23.1 Å². The van der Waals surface area contributed by atoms with Crippen LogP contribution in [-0.2, 0) is 23.1 Å². The van der Waals surface area contributed by atoms with Crippen molar-refractivity contribution >= 4 is 24.6 Å². The van der Waals surface area contributed by atoms with Gasteiger partial charge in [-0.2, -0.15) is 0 Å². The standard InChI is InChI=1S/C22H32N5O5P/c1-12(2)31-33(28,32-13(3)4)8-7-22-9-14(22)16(17-18(22)30-21(5,6)29-17)27-11-26-15-19(23)24-10-25-20(15)27/h7-8,10-14,16-18H,9H2,1-6H3,(H2,23,24,25)/b8-7+/t14-,16-,17+,18+,22+/m1/s1. The van der Waals surface area contributed by atoms with Gasteiger partial charge in [-0.15, -0.1) is 0 Å². The van der Waals surface area contributed by atoms with Gasteiger partial charge in [-0.3, -0.25) is 4.57 Å². The maximum Gasteiger partial charge on any atom is 0.354 e. The highest BCUT2D eigenvalue weighted by Crippen LogP contribution is 2.73. The van der Waals surface area contributed by atoms with Crippen LogP contribution in [0.15, 0.2) is 24.5 Å². The molecule has 3 heterocycles. The summed E-state index contributed by atoms with van der Waals surface area (Å²) < 4.78 is 39.7. The van der Waals surface area contributed by atoms with Gasteiger partial charge in [-0.25, -0.2) is 15.0 Å². The van der Waals surface area contributed by atoms with Gasteiger partial charge in [0.2, 0.25) is 0 Å². The molecule has 2 saturated carbocycles. The highest BCUT2D eigenvalue weighted by atomic mass is 31.2. The second-order valence-corrected chi connectivity index (χ2v) is 12.0. The largest absolute Gasteiger partial charge is 0.382 e. The van der Waals surface area contributed by atoms with E-state index in [2.05, 4.69) is 15.0 Å². The fourth-order valence-electron chi connectivity index (χ4n) is 5.41. The van der Waals surface area contributed by atoms with Crippen LogP contribution >= 0.6 is 7.60 Å². The lowest BCUT2D eigenvalue weighted by Crippen LogP contribution is -2.31. The van der Waals surface area contributed by atoms with Crippen molar-refractivity contribution in [2.45, 2.75) is 84.2 Å². The summed E-state index contributed by atoms with van der Waals surface area (Å²) in [5.74, 6) is 1.42. The summed E-state index contributed by atoms with van der Waals surface area (Å²) in [7, 11) is -3.43. The third kappa shape index (κ3) is 3.82. The average Bonchev–Trinajstić information content (AvgIpc) is 2.95. The zero-order valence-corrected chi connectivity index (χ0v) is 20.7. The molecule has 3 aliphatic rings. The summed E-state index contributed by atoms with van der Waals surface area (Å²) in [4.78, 5) is 12.9. The van der Waals surface area contributed by atoms with Crippen LogP contribution in [0.3, 0.4) is 0 Å². The van der Waals surface area contributed by atoms with Crippen molar-refractivity contribution in [2.75, 3.05) is 5.73 Å². The Hall–Kier alpha value is -1.84. The third-order valence-corrected chi connectivity index (χ3v) is 8.45. The van der Waals surface area contributed by atoms with Crippen LogP contribution < -0.4 is 5.73 Å². The van der Waals surface area contributed by atoms with Gasteiger partial charge in [0.1, 0.15) is 17.9 Å². The van der Waals surface area contributed by atoms with Gasteiger partial charge >= 0.3 is 7.60 Å². The fraction of sp³-hybridized carbons (Fsp3) is 0.682. The minimum atomic E-state index is -3.43. The summed E-state index contributed by atoms with van der Waals surface area (Å²) in [5.41, 5.74) is 6.91. The number of anilines is 1. The number of nitrogen functional groups attached to an aromatic ring is 1. The summed E-state index contributed by atoms with van der Waals surface area (Å²) in [6.45, 7) is 11.2. The first-order valence-corrected chi connectivity index (χ1v) is 13.0. The Morgan fingerprint density at radius 2 is 1.88 bits per heavy atom. The molecule has 11 heteroatoms. The van der Waals surface area contributed by atoms with Crippen LogP contribution in [0, 0.1) is 11.3 Å². The van der Waals surface area contributed by atoms with E-state index in [1.165, 1.54) is 6.33 Å². The molecular weight excluding hydrogens is 445 g/mol. The first-order chi connectivity index (χ1) is 15.4. The van der Waals surface area contributed by atoms with E-state index < -0.39 is 13.4 Å². The van der Waals surface area contributed by atoms with Gasteiger partial charge in [-0.05, 0) is 53.9 Å². The van der Waals surface area contributed by atoms with Crippen LogP contribution in [-0.4, -0.2) is 49.7 Å². The lowest BCUT2D eigenvalue weighted by molar-refractivity contribution is -0.159. The van der Waals surface area contributed by atoms with Gasteiger partial charge in [0, 0.05) is 11.2 Å². The smallest absolute Gasteiger partial charge is 0.354 e. The molecule has 1 aliphatic heterocycles. The van der Waals surface area contributed by atoms with E-state index in [1.807, 2.05) is 52.2 Å². The summed E-state index contributed by atoms with van der Waals surface area (Å²) in [6, 6.07) is -0.0582. The Kier molecular flexibility index (Phi) is 5.27. The Bertz CT molecular complexity index is 1130. The molecule has 0 spiro atoms. The minimum absolute atomic E-state index is 0.0582. The number of ether oxygens (including phenoxy) is 2. The van der Waals surface area contributed by atoms with Crippen molar-refractivity contribution in [1.82, 2.24) is 19.5 Å². The minimum Gasteiger partial charge on any atom is -0.382 e. The monoisotopic (exact) mass is 477 g/mol. The van der Waals surface area contributed by atoms with Crippen LogP contribution in [0.25, 0.3) is 11.2 Å². The van der Waals surface area contributed by atoms with Crippen molar-refractivity contribution in [3.63, 3.8) is 0 Å². The molecular formula is C22H32N5O5P. The van der Waals surface area contributed by atoms with E-state index in [9.17, 15) is 4.57 Å². The van der Waals surface area contributed by atoms with Gasteiger partial charge in [0.25, 0.3) is 0 Å². The predicted molar refractivity (Wildman–Crippen MR) is 122 cm³/mol. The van der Waals surface area contributed by atoms with Crippen molar-refractivity contribution in [3.05, 3.63) is 24.5 Å². The van der Waals surface area contributed by atoms with Gasteiger partial charge in [0.05, 0.1) is 30.7 Å². The maximum atomic E-state index is 13.4. The van der Waals surface area contributed by atoms with Gasteiger partial charge < -0.3 is 28.8 Å². The number of nitrogens with two attached hydrogens (primary N) is 1. The first-order valence-electron chi connectivity index (χ1n) is 11.4. The first kappa shape index (κ1) is 22.9. The molecule has 0 bridgehead atoms. The van der Waals surface area contributed by atoms with Crippen LogP contribution in [0.1, 0.15) is 54.0 Å². The molecule has 0 amide bonds. The van der Waals surface area contributed by atoms with Gasteiger partial charge in [0.15, 0.2) is 17.3 Å². The fourth-order valence-corrected chi connectivity index (χ4v) is 7.24. The summed E-state index contributed by atoms with van der Waals surface area (Å²) >= 11 is 0. The third-order valence-electron chi connectivity index (χ3n) is 6.50. The van der Waals surface area contributed by atoms with Gasteiger partial charge in [-0.1, -0.05) is 6.08 Å². The van der Waals surface area contributed by atoms with Crippen LogP contribution in [0.4, 0.5) is 5.82 Å². The number of fused-ring (bicyclic) bond motifs is 4. The van der Waals surface area contributed by atoms with E-state index in [1.54, 1.807) is 12.1 Å². The van der Waals surface area contributed by atoms with Crippen molar-refractivity contribution in [3.8, 4) is 0 Å². The highest BCUT2D eigenvalue weighted by Gasteiger charge is 2.75. The second-order valence-electron chi connectivity index (χ2n) is 10.2. The molecule has 0 aromatic carbocycles. The van der Waals surface area contributed by atoms with Crippen molar-refractivity contribution in [1.29, 1.82) is 0 Å². The summed E-state index contributed by atoms with van der Waals surface area (Å²) in [6.07, 6.45) is 5.15. The Balaban J connectivity index is 1.52. The molecule has 2 aliphatic carbocycles. The van der Waals surface area contributed by atoms with Crippen LogP contribution in [0.2, 0.25) is 0 Å². The Morgan fingerprint density at radius 3 is 2.55 bits per heavy atom.